The fraction of sp³-hybridized carbons (Fsp3) is 0.500. The van der Waals surface area contributed by atoms with Crippen LogP contribution in [0.2, 0.25) is 0 Å². The van der Waals surface area contributed by atoms with Crippen LogP contribution in [0.15, 0.2) is 57.9 Å². The molecule has 2 aromatic rings. The molecule has 1 saturated carbocycles. The average Bonchev–Trinajstić information content (AvgIpc) is 3.51. The van der Waals surface area contributed by atoms with Crippen LogP contribution < -0.4 is 4.74 Å². The Bertz CT molecular complexity index is 1190. The predicted octanol–water partition coefficient (Wildman–Crippen LogP) is 3.58. The van der Waals surface area contributed by atoms with Crippen molar-refractivity contribution in [1.29, 1.82) is 0 Å². The summed E-state index contributed by atoms with van der Waals surface area (Å²) in [7, 11) is -1.24. The van der Waals surface area contributed by atoms with Crippen molar-refractivity contribution < 1.29 is 33.5 Å². The third-order valence-corrected chi connectivity index (χ3v) is 8.50. The minimum absolute atomic E-state index is 0.0374. The summed E-state index contributed by atoms with van der Waals surface area (Å²) >= 11 is 0. The van der Waals surface area contributed by atoms with Crippen molar-refractivity contribution in [3.05, 3.63) is 65.0 Å². The number of furan rings is 1. The lowest BCUT2D eigenvalue weighted by molar-refractivity contribution is -0.143. The number of allylic oxidation sites excluding steroid dienone is 1. The summed E-state index contributed by atoms with van der Waals surface area (Å²) in [5, 5.41) is 20.6. The number of carbonyl (C=O) groups is 2. The van der Waals surface area contributed by atoms with Gasteiger partial charge in [-0.15, -0.1) is 0 Å². The number of aliphatic hydroxyl groups is 1. The van der Waals surface area contributed by atoms with Gasteiger partial charge in [0.25, 0.3) is 0 Å². The van der Waals surface area contributed by atoms with Crippen molar-refractivity contribution in [2.24, 2.45) is 17.8 Å². The maximum atomic E-state index is 13.9. The summed E-state index contributed by atoms with van der Waals surface area (Å²) < 4.78 is 17.8. The summed E-state index contributed by atoms with van der Waals surface area (Å²) in [4.78, 5) is 29.1. The lowest BCUT2D eigenvalue weighted by Gasteiger charge is -2.41. The summed E-state index contributed by atoms with van der Waals surface area (Å²) in [6.07, 6.45) is 5.09. The number of likely N-dealkylation sites (tertiary alicyclic amines) is 1. The number of rotatable bonds is 6. The minimum Gasteiger partial charge on any atom is -0.489 e. The van der Waals surface area contributed by atoms with Gasteiger partial charge in [0.15, 0.2) is 0 Å². The Morgan fingerprint density at radius 1 is 1.00 bits per heavy atom. The lowest BCUT2D eigenvalue weighted by atomic mass is 9.55. The molecule has 0 radical (unpaired) electrons. The van der Waals surface area contributed by atoms with E-state index in [2.05, 4.69) is 0 Å². The van der Waals surface area contributed by atoms with E-state index in [0.29, 0.717) is 35.6 Å². The van der Waals surface area contributed by atoms with Gasteiger partial charge < -0.3 is 23.9 Å². The number of carbonyl (C=O) groups excluding carboxylic acids is 2. The van der Waals surface area contributed by atoms with Crippen molar-refractivity contribution in [2.75, 3.05) is 6.61 Å². The third kappa shape index (κ3) is 4.43. The molecule has 37 heavy (non-hydrogen) atoms. The molecule has 6 rings (SSSR count). The molecule has 194 valence electrons. The molecule has 2 N–H and O–H groups in total. The monoisotopic (exact) mass is 505 g/mol. The standard InChI is InChI=1S/C28H32BNO7/c31-15-20-11-12-23(36-20)24-14-21-25-22(27(32)30(28(25)33)18-7-3-1-4-8-18)13-17(26(21)29(34)37-24)16-35-19-9-5-2-6-10-19/h2,5-6,9-12,18,21-22,24-25,31,34H,1,3-4,7-8,13-16H2/t21-,22-,24-,25+/m0/s1. The molecule has 3 fully saturated rings. The van der Waals surface area contributed by atoms with E-state index in [1.165, 1.54) is 0 Å². The molecule has 0 unspecified atom stereocenters. The Labute approximate surface area is 216 Å². The van der Waals surface area contributed by atoms with E-state index in [9.17, 15) is 19.7 Å². The van der Waals surface area contributed by atoms with E-state index < -0.39 is 25.1 Å². The smallest absolute Gasteiger partial charge is 0.487 e. The fourth-order valence-corrected chi connectivity index (χ4v) is 6.79. The number of amides is 2. The Balaban J connectivity index is 1.34. The number of hydrogen-bond donors (Lipinski definition) is 2. The Morgan fingerprint density at radius 2 is 1.78 bits per heavy atom. The van der Waals surface area contributed by atoms with E-state index in [4.69, 9.17) is 13.8 Å². The van der Waals surface area contributed by atoms with Gasteiger partial charge in [0, 0.05) is 6.04 Å². The maximum Gasteiger partial charge on any atom is 0.487 e. The van der Waals surface area contributed by atoms with Crippen LogP contribution in [-0.4, -0.2) is 46.6 Å². The molecule has 2 saturated heterocycles. The van der Waals surface area contributed by atoms with Gasteiger partial charge in [0.1, 0.15) is 36.6 Å². The number of fused-ring (bicyclic) bond motifs is 3. The summed E-state index contributed by atoms with van der Waals surface area (Å²) in [6, 6.07) is 12.8. The molecule has 1 aromatic heterocycles. The van der Waals surface area contributed by atoms with Crippen LogP contribution >= 0.6 is 0 Å². The number of hydrogen-bond acceptors (Lipinski definition) is 7. The molecule has 0 bridgehead atoms. The number of nitrogens with zero attached hydrogens (tertiary/aromatic N) is 1. The molecule has 4 atom stereocenters. The van der Waals surface area contributed by atoms with Gasteiger partial charge in [0.2, 0.25) is 11.8 Å². The molecule has 2 aliphatic heterocycles. The van der Waals surface area contributed by atoms with Crippen molar-refractivity contribution in [3.63, 3.8) is 0 Å². The number of ether oxygens (including phenoxy) is 1. The number of para-hydroxylation sites is 1. The molecule has 9 heteroatoms. The van der Waals surface area contributed by atoms with Crippen molar-refractivity contribution >= 4 is 18.9 Å². The van der Waals surface area contributed by atoms with Crippen LogP contribution in [0.5, 0.6) is 5.75 Å². The van der Waals surface area contributed by atoms with E-state index in [-0.39, 0.29) is 37.0 Å². The number of imide groups is 1. The Hall–Kier alpha value is -2.88. The van der Waals surface area contributed by atoms with Gasteiger partial charge in [-0.2, -0.15) is 0 Å². The highest BCUT2D eigenvalue weighted by atomic mass is 16.5. The highest BCUT2D eigenvalue weighted by molar-refractivity contribution is 6.53. The van der Waals surface area contributed by atoms with E-state index in [0.717, 1.165) is 37.7 Å². The first-order valence-electron chi connectivity index (χ1n) is 13.3. The fourth-order valence-electron chi connectivity index (χ4n) is 6.79. The SMILES string of the molecule is O=C1[C@H]2[C@H](CC(COc3ccccc3)=C3B(O)O[C@H](c4ccc(CO)o4)C[C@H]32)C(=O)N1C1CCCCC1. The third-order valence-electron chi connectivity index (χ3n) is 8.50. The zero-order chi connectivity index (χ0) is 25.5. The number of aliphatic hydroxyl groups excluding tert-OH is 1. The second kappa shape index (κ2) is 10.1. The van der Waals surface area contributed by atoms with Gasteiger partial charge in [-0.1, -0.05) is 37.5 Å². The van der Waals surface area contributed by atoms with Crippen LogP contribution in [-0.2, 0) is 20.9 Å². The van der Waals surface area contributed by atoms with Gasteiger partial charge in [-0.25, -0.2) is 0 Å². The minimum atomic E-state index is -1.24. The zero-order valence-electron chi connectivity index (χ0n) is 20.8. The van der Waals surface area contributed by atoms with Crippen LogP contribution in [0.4, 0.5) is 0 Å². The molecule has 2 aliphatic carbocycles. The van der Waals surface area contributed by atoms with E-state index >= 15 is 0 Å². The zero-order valence-corrected chi connectivity index (χ0v) is 20.8. The van der Waals surface area contributed by atoms with Crippen LogP contribution in [0.25, 0.3) is 0 Å². The second-order valence-corrected chi connectivity index (χ2v) is 10.6. The van der Waals surface area contributed by atoms with Gasteiger partial charge in [-0.3, -0.25) is 14.5 Å². The summed E-state index contributed by atoms with van der Waals surface area (Å²) in [5.74, 6) is 0.0341. The summed E-state index contributed by atoms with van der Waals surface area (Å²) in [6.45, 7) is -0.0245. The molecule has 0 spiro atoms. The van der Waals surface area contributed by atoms with Crippen LogP contribution in [0, 0.1) is 17.8 Å². The first kappa shape index (κ1) is 24.5. The Kier molecular flexibility index (Phi) is 6.69. The van der Waals surface area contributed by atoms with Crippen LogP contribution in [0.1, 0.15) is 62.6 Å². The molecular weight excluding hydrogens is 473 g/mol. The Morgan fingerprint density at radius 3 is 2.51 bits per heavy atom. The highest BCUT2D eigenvalue weighted by Crippen LogP contribution is 2.52. The van der Waals surface area contributed by atoms with Crippen molar-refractivity contribution in [1.82, 2.24) is 4.90 Å². The summed E-state index contributed by atoms with van der Waals surface area (Å²) in [5.41, 5.74) is 1.48. The molecular formula is C28H32BNO7. The lowest BCUT2D eigenvalue weighted by Crippen LogP contribution is -2.46. The molecule has 8 nitrogen and oxygen atoms in total. The first-order valence-corrected chi connectivity index (χ1v) is 13.3. The maximum absolute atomic E-state index is 13.9. The second-order valence-electron chi connectivity index (χ2n) is 10.6. The van der Waals surface area contributed by atoms with Crippen LogP contribution in [0.3, 0.4) is 0 Å². The van der Waals surface area contributed by atoms with Crippen molar-refractivity contribution in [2.45, 2.75) is 63.7 Å². The highest BCUT2D eigenvalue weighted by Gasteiger charge is 2.59. The molecule has 3 heterocycles. The molecule has 4 aliphatic rings. The predicted molar refractivity (Wildman–Crippen MR) is 134 cm³/mol. The largest absolute Gasteiger partial charge is 0.489 e. The van der Waals surface area contributed by atoms with Gasteiger partial charge in [-0.05, 0) is 66.9 Å². The molecule has 2 amide bonds. The van der Waals surface area contributed by atoms with Gasteiger partial charge >= 0.3 is 7.12 Å². The average molecular weight is 505 g/mol. The van der Waals surface area contributed by atoms with Crippen molar-refractivity contribution in [3.8, 4) is 5.75 Å². The number of benzene rings is 1. The normalized spacial score (nSPS) is 28.5. The van der Waals surface area contributed by atoms with E-state index in [1.807, 2.05) is 30.3 Å². The topological polar surface area (TPSA) is 109 Å². The van der Waals surface area contributed by atoms with Gasteiger partial charge in [0.05, 0.1) is 11.8 Å². The first-order chi connectivity index (χ1) is 18.0. The van der Waals surface area contributed by atoms with E-state index in [1.54, 1.807) is 17.0 Å². The quantitative estimate of drug-likeness (QED) is 0.456. The molecule has 1 aromatic carbocycles.